The Labute approximate surface area is 402 Å². The number of nitrogens with zero attached hydrogens (tertiary/aromatic N) is 2. The Bertz CT molecular complexity index is 2490. The summed E-state index contributed by atoms with van der Waals surface area (Å²) in [6.45, 7) is 5.38. The number of hydrogen-bond acceptors (Lipinski definition) is 1. The molecule has 6 aromatic rings. The summed E-state index contributed by atoms with van der Waals surface area (Å²) in [5, 5.41) is 0. The van der Waals surface area contributed by atoms with Crippen molar-refractivity contribution in [1.29, 1.82) is 0 Å². The van der Waals surface area contributed by atoms with Crippen molar-refractivity contribution in [3.8, 4) is 0 Å². The van der Waals surface area contributed by atoms with E-state index < -0.39 is 195 Å². The molecule has 2 nitrogen and oxygen atoms in total. The second-order valence-electron chi connectivity index (χ2n) is 16.6. The Morgan fingerprint density at radius 3 is 0.892 bits per heavy atom. The van der Waals surface area contributed by atoms with Gasteiger partial charge in [-0.1, -0.05) is 92.7 Å². The van der Waals surface area contributed by atoms with Gasteiger partial charge >= 0.3 is 49.4 Å². The summed E-state index contributed by atoms with van der Waals surface area (Å²) < 4.78 is 343. The minimum absolute atomic E-state index is 0.549. The minimum atomic E-state index is -6.13. The van der Waals surface area contributed by atoms with Crippen LogP contribution in [0.25, 0.3) is 0 Å². The summed E-state index contributed by atoms with van der Waals surface area (Å²) in [7, 11) is 0. The molecule has 0 saturated heterocycles. The molecule has 1 heterocycles. The third-order valence-corrected chi connectivity index (χ3v) is 11.6. The molecule has 74 heavy (non-hydrogen) atoms. The molecule has 5 aromatic carbocycles. The van der Waals surface area contributed by atoms with E-state index in [2.05, 4.69) is 59.9 Å². The van der Waals surface area contributed by atoms with E-state index in [1.807, 2.05) is 12.4 Å². The zero-order valence-corrected chi connectivity index (χ0v) is 37.1. The summed E-state index contributed by atoms with van der Waals surface area (Å²) in [5.74, 6) is 0.549. The van der Waals surface area contributed by atoms with Crippen LogP contribution in [0.4, 0.5) is 105 Å². The molecule has 0 fully saturated rings. The number of alkyl halides is 24. The van der Waals surface area contributed by atoms with E-state index in [1.54, 1.807) is 0 Å². The van der Waals surface area contributed by atoms with Crippen LogP contribution in [0.5, 0.6) is 0 Å². The lowest BCUT2D eigenvalue weighted by atomic mass is 9.12. The number of rotatable bonds is 8. The third-order valence-electron chi connectivity index (χ3n) is 11.6. The summed E-state index contributed by atoms with van der Waals surface area (Å²) in [5.41, 5.74) is -27.6. The summed E-state index contributed by atoms with van der Waals surface area (Å²) in [4.78, 5) is 4.24. The van der Waals surface area contributed by atoms with Crippen molar-refractivity contribution in [2.45, 2.75) is 82.1 Å². The van der Waals surface area contributed by atoms with Gasteiger partial charge in [0.05, 0.1) is 56.9 Å². The maximum absolute atomic E-state index is 14.2. The molecule has 0 N–H and O–H groups in total. The molecule has 0 spiro atoms. The van der Waals surface area contributed by atoms with Gasteiger partial charge in [0.2, 0.25) is 5.69 Å². The van der Waals surface area contributed by atoms with E-state index in [0.29, 0.717) is 5.92 Å². The lowest BCUT2D eigenvalue weighted by molar-refractivity contribution is -0.697. The van der Waals surface area contributed by atoms with Crippen molar-refractivity contribution >= 4 is 28.0 Å². The first-order chi connectivity index (χ1) is 33.6. The monoisotopic (exact) mass is 1090 g/mol. The Hall–Kier alpha value is -6.44. The van der Waals surface area contributed by atoms with Gasteiger partial charge in [-0.2, -0.15) is 132 Å². The lowest BCUT2D eigenvalue weighted by Gasteiger charge is -2.46. The fraction of sp³-hybridized carbons (Fsp3) is 0.277. The lowest BCUT2D eigenvalue weighted by Crippen LogP contribution is -2.75. The number of halogens is 24. The number of hydrogen-bond donors (Lipinski definition) is 0. The van der Waals surface area contributed by atoms with Crippen LogP contribution < -0.4 is 26.4 Å². The molecule has 400 valence electrons. The number of benzene rings is 5. The zero-order chi connectivity index (χ0) is 56.0. The second kappa shape index (κ2) is 20.4. The van der Waals surface area contributed by atoms with E-state index >= 15 is 0 Å². The highest BCUT2D eigenvalue weighted by molar-refractivity contribution is 7.20. The van der Waals surface area contributed by atoms with Crippen molar-refractivity contribution in [3.05, 3.63) is 177 Å². The van der Waals surface area contributed by atoms with Crippen molar-refractivity contribution in [3.63, 3.8) is 0 Å². The quantitative estimate of drug-likeness (QED) is 0.0843. The van der Waals surface area contributed by atoms with Crippen LogP contribution in [-0.2, 0) is 56.0 Å². The van der Waals surface area contributed by atoms with Gasteiger partial charge in [0.25, 0.3) is 0 Å². The topological polar surface area (TPSA) is 16.8 Å². The van der Waals surface area contributed by atoms with Crippen LogP contribution in [0.2, 0.25) is 0 Å². The maximum Gasteiger partial charge on any atom is 0.416 e. The zero-order valence-electron chi connectivity index (χ0n) is 37.1. The number of aromatic nitrogens is 2. The highest BCUT2D eigenvalue weighted by Crippen LogP contribution is 2.41. The molecule has 0 aliphatic carbocycles. The van der Waals surface area contributed by atoms with E-state index in [0.717, 1.165) is 13.0 Å². The molecule has 0 amide bonds. The average molecular weight is 1090 g/mol. The molecule has 0 saturated carbocycles. The summed E-state index contributed by atoms with van der Waals surface area (Å²) in [6, 6.07) is 1.73. The van der Waals surface area contributed by atoms with Crippen molar-refractivity contribution in [2.24, 2.45) is 0 Å². The SMILES string of the molecule is CCC(C)c1cncc[n+]1Cc1ccccc1.FC(F)(F)c1cc([B-](c2cc(C(F)(F)F)cc(C(F)(F)F)c2)(c2cc(C(F)(F)F)cc(C(F)(F)F)c2)c2cc(C(F)(F)F)cc(C(F)(F)F)c2)cc(C(F)(F)F)c1. The van der Waals surface area contributed by atoms with Crippen LogP contribution in [0, 0.1) is 0 Å². The predicted molar refractivity (Wildman–Crippen MR) is 219 cm³/mol. The summed E-state index contributed by atoms with van der Waals surface area (Å²) >= 11 is 0. The normalized spacial score (nSPS) is 13.9. The molecular formula is C47H31BF24N2. The highest BCUT2D eigenvalue weighted by atomic mass is 19.4. The molecule has 0 aliphatic rings. The van der Waals surface area contributed by atoms with E-state index in [1.165, 1.54) is 11.3 Å². The third kappa shape index (κ3) is 13.4. The molecule has 27 heteroatoms. The first kappa shape index (κ1) is 58.5. The van der Waals surface area contributed by atoms with Crippen LogP contribution in [0.3, 0.4) is 0 Å². The van der Waals surface area contributed by atoms with Crippen LogP contribution in [0.1, 0.15) is 82.0 Å². The maximum atomic E-state index is 14.2. The Morgan fingerprint density at radius 2 is 0.662 bits per heavy atom. The van der Waals surface area contributed by atoms with Gasteiger partial charge in [-0.05, 0) is 30.7 Å². The van der Waals surface area contributed by atoms with E-state index in [4.69, 9.17) is 0 Å². The largest absolute Gasteiger partial charge is 0.416 e. The van der Waals surface area contributed by atoms with Crippen molar-refractivity contribution in [2.75, 3.05) is 0 Å². The van der Waals surface area contributed by atoms with Gasteiger partial charge in [-0.25, -0.2) is 0 Å². The van der Waals surface area contributed by atoms with Crippen molar-refractivity contribution < 1.29 is 110 Å². The Kier molecular flexibility index (Phi) is 16.1. The first-order valence-corrected chi connectivity index (χ1v) is 20.8. The van der Waals surface area contributed by atoms with Gasteiger partial charge < -0.3 is 0 Å². The minimum Gasteiger partial charge on any atom is -0.252 e. The smallest absolute Gasteiger partial charge is 0.252 e. The fourth-order valence-corrected chi connectivity index (χ4v) is 8.01. The highest BCUT2D eigenvalue weighted by Gasteiger charge is 2.47. The molecule has 6 rings (SSSR count). The Morgan fingerprint density at radius 1 is 0.405 bits per heavy atom. The molecule has 0 radical (unpaired) electrons. The van der Waals surface area contributed by atoms with Gasteiger partial charge in [-0.3, -0.25) is 4.98 Å². The fourth-order valence-electron chi connectivity index (χ4n) is 8.01. The van der Waals surface area contributed by atoms with Gasteiger partial charge in [0.15, 0.2) is 12.7 Å². The van der Waals surface area contributed by atoms with Crippen LogP contribution in [0.15, 0.2) is 122 Å². The van der Waals surface area contributed by atoms with Crippen LogP contribution >= 0.6 is 0 Å². The first-order valence-electron chi connectivity index (χ1n) is 20.8. The van der Waals surface area contributed by atoms with Gasteiger partial charge in [0, 0.05) is 11.5 Å². The molecule has 1 aromatic heterocycles. The second-order valence-corrected chi connectivity index (χ2v) is 16.6. The predicted octanol–water partition coefficient (Wildman–Crippen LogP) is 14.1. The molecular weight excluding hydrogens is 1060 g/mol. The summed E-state index contributed by atoms with van der Waals surface area (Å²) in [6.07, 6.45) is -47.8. The van der Waals surface area contributed by atoms with Gasteiger partial charge in [-0.15, -0.1) is 0 Å². The van der Waals surface area contributed by atoms with Crippen molar-refractivity contribution in [1.82, 2.24) is 4.98 Å². The molecule has 0 aliphatic heterocycles. The van der Waals surface area contributed by atoms with Gasteiger partial charge in [0.1, 0.15) is 6.15 Å². The van der Waals surface area contributed by atoms with E-state index in [9.17, 15) is 105 Å². The Balaban J connectivity index is 0.000000500. The molecule has 1 atom stereocenters. The van der Waals surface area contributed by atoms with Crippen LogP contribution in [-0.4, -0.2) is 11.1 Å². The molecule has 0 bridgehead atoms. The average Bonchev–Trinajstić information content (AvgIpc) is 3.27. The molecule has 1 unspecified atom stereocenters. The standard InChI is InChI=1S/C32H12BF24.C15H19N2/c34-25(35,36)13-1-14(26(37,38)39)6-21(5-13)33(22-7-15(27(40,41)42)2-16(8-22)28(43,44)45,23-9-17(29(46,47)48)3-18(10-23)30(49,50)51)24-11-19(31(52,53)54)4-20(12-24)32(55,56)57;1-3-13(2)15-11-16-9-10-17(15)12-14-7-5-4-6-8-14/h1-12H;4-11,13H,3,12H2,1-2H3/q-1;+1. The van der Waals surface area contributed by atoms with E-state index in [-0.39, 0.29) is 0 Å².